The van der Waals surface area contributed by atoms with Crippen molar-refractivity contribution in [1.29, 1.82) is 0 Å². The smallest absolute Gasteiger partial charge is 0.0542 e. The molecule has 0 radical (unpaired) electrons. The van der Waals surface area contributed by atoms with Crippen LogP contribution in [0.25, 0.3) is 69.9 Å². The number of thiophene rings is 1. The van der Waals surface area contributed by atoms with E-state index in [4.69, 9.17) is 0 Å². The van der Waals surface area contributed by atoms with Gasteiger partial charge in [0.05, 0.1) is 11.0 Å². The second-order valence-corrected chi connectivity index (χ2v) is 17.3. The molecule has 64 heavy (non-hydrogen) atoms. The molecular weight excluding hydrogens is 795 g/mol. The molecular formula is C60H41N3S. The zero-order valence-corrected chi connectivity index (χ0v) is 35.7. The molecule has 0 aliphatic rings. The second kappa shape index (κ2) is 15.9. The molecule has 0 saturated carbocycles. The van der Waals surface area contributed by atoms with E-state index in [1.54, 1.807) is 0 Å². The average Bonchev–Trinajstić information content (AvgIpc) is 3.91. The van der Waals surface area contributed by atoms with Gasteiger partial charge in [0.25, 0.3) is 0 Å². The first-order chi connectivity index (χ1) is 31.7. The van der Waals surface area contributed by atoms with E-state index >= 15 is 0 Å². The summed E-state index contributed by atoms with van der Waals surface area (Å²) in [5, 5.41) is 5.02. The maximum atomic E-state index is 2.42. The van der Waals surface area contributed by atoms with Gasteiger partial charge in [-0.15, -0.1) is 11.3 Å². The Kier molecular flexibility index (Phi) is 9.36. The van der Waals surface area contributed by atoms with Crippen LogP contribution >= 0.6 is 11.3 Å². The molecule has 0 amide bonds. The lowest BCUT2D eigenvalue weighted by molar-refractivity contribution is 1.18. The lowest BCUT2D eigenvalue weighted by atomic mass is 10.00. The summed E-state index contributed by atoms with van der Waals surface area (Å²) >= 11 is 1.86. The number of benzene rings is 10. The largest absolute Gasteiger partial charge is 0.310 e. The summed E-state index contributed by atoms with van der Waals surface area (Å²) in [5.74, 6) is 0. The standard InChI is InChI=1S/C60H41N3S/c1-5-17-42(18-6-1)43-29-32-49(33-30-43)61(46-19-7-2-8-20-46)51-37-45(44-31-35-55-54-26-14-16-28-59(54)64-60(55)39-44)38-52(40-51)62(47-21-9-3-10-22-47)50-34-36-58-56(41-50)53-25-13-15-27-57(53)63(58)48-23-11-4-12-24-48/h1-41H. The number of anilines is 6. The molecule has 0 aliphatic heterocycles. The monoisotopic (exact) mass is 835 g/mol. The molecule has 0 spiro atoms. The van der Waals surface area contributed by atoms with Crippen LogP contribution in [0.4, 0.5) is 34.1 Å². The number of nitrogens with zero attached hydrogens (tertiary/aromatic N) is 3. The predicted molar refractivity (Wildman–Crippen MR) is 274 cm³/mol. The van der Waals surface area contributed by atoms with Gasteiger partial charge < -0.3 is 14.4 Å². The fourth-order valence-electron chi connectivity index (χ4n) is 9.36. The van der Waals surface area contributed by atoms with Gasteiger partial charge in [0.15, 0.2) is 0 Å². The Morgan fingerprint density at radius 1 is 0.266 bits per heavy atom. The molecule has 0 unspecified atom stereocenters. The van der Waals surface area contributed by atoms with E-state index in [-0.39, 0.29) is 0 Å². The maximum absolute atomic E-state index is 2.42. The molecule has 10 aromatic carbocycles. The van der Waals surface area contributed by atoms with E-state index in [1.165, 1.54) is 58.7 Å². The molecule has 2 heterocycles. The minimum atomic E-state index is 1.06. The Balaban J connectivity index is 1.09. The van der Waals surface area contributed by atoms with Crippen LogP contribution in [0.1, 0.15) is 0 Å². The topological polar surface area (TPSA) is 11.4 Å². The van der Waals surface area contributed by atoms with Crippen LogP contribution in [0.2, 0.25) is 0 Å². The number of rotatable bonds is 9. The second-order valence-electron chi connectivity index (χ2n) is 16.2. The van der Waals surface area contributed by atoms with Gasteiger partial charge in [0.1, 0.15) is 0 Å². The maximum Gasteiger partial charge on any atom is 0.0542 e. The van der Waals surface area contributed by atoms with Gasteiger partial charge in [-0.25, -0.2) is 0 Å². The molecule has 0 fully saturated rings. The Morgan fingerprint density at radius 3 is 1.47 bits per heavy atom. The summed E-state index contributed by atoms with van der Waals surface area (Å²) in [5.41, 5.74) is 14.6. The summed E-state index contributed by atoms with van der Waals surface area (Å²) in [6.45, 7) is 0. The zero-order valence-electron chi connectivity index (χ0n) is 34.9. The van der Waals surface area contributed by atoms with E-state index in [0.717, 1.165) is 45.4 Å². The van der Waals surface area contributed by atoms with Crippen molar-refractivity contribution in [3.05, 3.63) is 249 Å². The van der Waals surface area contributed by atoms with Crippen LogP contribution in [0.3, 0.4) is 0 Å². The van der Waals surface area contributed by atoms with Gasteiger partial charge in [-0.3, -0.25) is 0 Å². The molecule has 0 bridgehead atoms. The first-order valence-electron chi connectivity index (χ1n) is 21.7. The van der Waals surface area contributed by atoms with Crippen molar-refractivity contribution in [3.63, 3.8) is 0 Å². The van der Waals surface area contributed by atoms with E-state index in [0.29, 0.717) is 0 Å². The van der Waals surface area contributed by atoms with Crippen molar-refractivity contribution in [2.24, 2.45) is 0 Å². The summed E-state index contributed by atoms with van der Waals surface area (Å²) in [6, 6.07) is 90.2. The first-order valence-corrected chi connectivity index (χ1v) is 22.6. The highest BCUT2D eigenvalue weighted by Gasteiger charge is 2.22. The van der Waals surface area contributed by atoms with Crippen LogP contribution in [-0.4, -0.2) is 4.57 Å². The van der Waals surface area contributed by atoms with Crippen molar-refractivity contribution in [3.8, 4) is 27.9 Å². The summed E-state index contributed by atoms with van der Waals surface area (Å²) in [6.07, 6.45) is 0. The van der Waals surface area contributed by atoms with Crippen LogP contribution in [0.15, 0.2) is 249 Å². The van der Waals surface area contributed by atoms with Crippen molar-refractivity contribution < 1.29 is 0 Å². The Bertz CT molecular complexity index is 3600. The van der Waals surface area contributed by atoms with Gasteiger partial charge in [-0.05, 0) is 125 Å². The molecule has 0 atom stereocenters. The molecule has 302 valence electrons. The lowest BCUT2D eigenvalue weighted by Gasteiger charge is -2.30. The molecule has 2 aromatic heterocycles. The fraction of sp³-hybridized carbons (Fsp3) is 0. The minimum Gasteiger partial charge on any atom is -0.310 e. The summed E-state index contributed by atoms with van der Waals surface area (Å²) < 4.78 is 4.96. The molecule has 0 N–H and O–H groups in total. The normalized spacial score (nSPS) is 11.4. The minimum absolute atomic E-state index is 1.06. The lowest BCUT2D eigenvalue weighted by Crippen LogP contribution is -2.13. The third-order valence-electron chi connectivity index (χ3n) is 12.3. The van der Waals surface area contributed by atoms with Crippen LogP contribution in [0.5, 0.6) is 0 Å². The van der Waals surface area contributed by atoms with Crippen molar-refractivity contribution >= 4 is 87.4 Å². The number of aromatic nitrogens is 1. The third-order valence-corrected chi connectivity index (χ3v) is 13.5. The Morgan fingerprint density at radius 2 is 0.766 bits per heavy atom. The van der Waals surface area contributed by atoms with Crippen LogP contribution in [0, 0.1) is 0 Å². The van der Waals surface area contributed by atoms with Gasteiger partial charge in [0, 0.05) is 70.8 Å². The summed E-state index contributed by atoms with van der Waals surface area (Å²) in [4.78, 5) is 4.81. The highest BCUT2D eigenvalue weighted by molar-refractivity contribution is 7.25. The van der Waals surface area contributed by atoms with E-state index in [9.17, 15) is 0 Å². The molecule has 0 aliphatic carbocycles. The third kappa shape index (κ3) is 6.69. The number of hydrogen-bond donors (Lipinski definition) is 0. The van der Waals surface area contributed by atoms with Crippen molar-refractivity contribution in [2.45, 2.75) is 0 Å². The number of fused-ring (bicyclic) bond motifs is 6. The average molecular weight is 836 g/mol. The first kappa shape index (κ1) is 37.6. The van der Waals surface area contributed by atoms with E-state index < -0.39 is 0 Å². The van der Waals surface area contributed by atoms with Gasteiger partial charge in [-0.2, -0.15) is 0 Å². The van der Waals surface area contributed by atoms with Gasteiger partial charge >= 0.3 is 0 Å². The number of para-hydroxylation sites is 4. The van der Waals surface area contributed by atoms with Crippen molar-refractivity contribution in [1.82, 2.24) is 4.57 Å². The highest BCUT2D eigenvalue weighted by Crippen LogP contribution is 2.46. The Labute approximate surface area is 376 Å². The quantitative estimate of drug-likeness (QED) is 0.143. The van der Waals surface area contributed by atoms with Crippen LogP contribution < -0.4 is 9.80 Å². The molecule has 3 nitrogen and oxygen atoms in total. The predicted octanol–water partition coefficient (Wildman–Crippen LogP) is 17.4. The summed E-state index contributed by atoms with van der Waals surface area (Å²) in [7, 11) is 0. The van der Waals surface area contributed by atoms with Gasteiger partial charge in [-0.1, -0.05) is 146 Å². The molecule has 12 rings (SSSR count). The Hall–Kier alpha value is -8.18. The fourth-order valence-corrected chi connectivity index (χ4v) is 10.5. The van der Waals surface area contributed by atoms with Gasteiger partial charge in [0.2, 0.25) is 0 Å². The van der Waals surface area contributed by atoms with Crippen LogP contribution in [-0.2, 0) is 0 Å². The SMILES string of the molecule is c1ccc(-c2ccc(N(c3ccccc3)c3cc(-c4ccc5c(c4)sc4ccccc45)cc(N(c4ccccc4)c4ccc5c(c4)c4ccccc4n5-c4ccccc4)c3)cc2)cc1. The highest BCUT2D eigenvalue weighted by atomic mass is 32.1. The molecule has 12 aromatic rings. The van der Waals surface area contributed by atoms with E-state index in [2.05, 4.69) is 263 Å². The van der Waals surface area contributed by atoms with E-state index in [1.807, 2.05) is 11.3 Å². The molecule has 4 heteroatoms. The number of hydrogen-bond acceptors (Lipinski definition) is 3. The molecule has 0 saturated heterocycles. The zero-order chi connectivity index (χ0) is 42.4. The van der Waals surface area contributed by atoms with Crippen molar-refractivity contribution in [2.75, 3.05) is 9.80 Å².